The van der Waals surface area contributed by atoms with Gasteiger partial charge in [0.15, 0.2) is 0 Å². The second kappa shape index (κ2) is 5.17. The van der Waals surface area contributed by atoms with Gasteiger partial charge in [0, 0.05) is 11.5 Å². The van der Waals surface area contributed by atoms with Gasteiger partial charge in [-0.05, 0) is 24.1 Å². The number of rotatable bonds is 4. The van der Waals surface area contributed by atoms with Gasteiger partial charge in [0.1, 0.15) is 0 Å². The highest BCUT2D eigenvalue weighted by atomic mass is 32.2. The zero-order valence-electron chi connectivity index (χ0n) is 11.5. The van der Waals surface area contributed by atoms with Crippen molar-refractivity contribution in [1.29, 1.82) is 5.26 Å². The van der Waals surface area contributed by atoms with Gasteiger partial charge in [-0.1, -0.05) is 26.0 Å². The van der Waals surface area contributed by atoms with Crippen LogP contribution in [0.25, 0.3) is 0 Å². The average molecular weight is 294 g/mol. The first kappa shape index (κ1) is 15.0. The van der Waals surface area contributed by atoms with Crippen LogP contribution in [0.1, 0.15) is 31.4 Å². The topological polar surface area (TPSA) is 90.2 Å². The van der Waals surface area contributed by atoms with Gasteiger partial charge in [0.25, 0.3) is 0 Å². The Labute approximate surface area is 119 Å². The van der Waals surface area contributed by atoms with Gasteiger partial charge in [0.2, 0.25) is 10.0 Å². The molecule has 2 rings (SSSR count). The van der Waals surface area contributed by atoms with Crippen molar-refractivity contribution >= 4 is 10.0 Å². The Morgan fingerprint density at radius 3 is 2.75 bits per heavy atom. The number of nitrogens with one attached hydrogen (secondary N) is 1. The number of benzene rings is 1. The molecule has 2 atom stereocenters. The molecule has 20 heavy (non-hydrogen) atoms. The van der Waals surface area contributed by atoms with Crippen molar-refractivity contribution in [2.75, 3.05) is 0 Å². The quantitative estimate of drug-likeness (QED) is 0.871. The summed E-state index contributed by atoms with van der Waals surface area (Å²) in [7, 11) is -3.48. The van der Waals surface area contributed by atoms with E-state index in [9.17, 15) is 13.5 Å². The fourth-order valence-electron chi connectivity index (χ4n) is 2.31. The third-order valence-corrected chi connectivity index (χ3v) is 5.31. The zero-order valence-corrected chi connectivity index (χ0v) is 12.3. The molecule has 1 aromatic carbocycles. The first-order chi connectivity index (χ1) is 9.24. The first-order valence-electron chi connectivity index (χ1n) is 6.42. The van der Waals surface area contributed by atoms with Crippen molar-refractivity contribution < 1.29 is 13.5 Å². The van der Waals surface area contributed by atoms with Crippen molar-refractivity contribution in [1.82, 2.24) is 4.72 Å². The van der Waals surface area contributed by atoms with Crippen LogP contribution in [0.2, 0.25) is 0 Å². The predicted molar refractivity (Wildman–Crippen MR) is 75.1 cm³/mol. The molecule has 108 valence electrons. The summed E-state index contributed by atoms with van der Waals surface area (Å²) in [5.41, 5.74) is 0.577. The molecule has 0 aromatic heterocycles. The number of aliphatic hydroxyl groups excluding tert-OH is 1. The lowest BCUT2D eigenvalue weighted by Gasteiger charge is -2.49. The lowest BCUT2D eigenvalue weighted by Crippen LogP contribution is -2.61. The van der Waals surface area contributed by atoms with Crippen LogP contribution in [0.3, 0.4) is 0 Å². The maximum atomic E-state index is 12.1. The van der Waals surface area contributed by atoms with Gasteiger partial charge in [-0.25, -0.2) is 13.1 Å². The van der Waals surface area contributed by atoms with Crippen LogP contribution < -0.4 is 4.72 Å². The Morgan fingerprint density at radius 1 is 1.50 bits per heavy atom. The summed E-state index contributed by atoms with van der Waals surface area (Å²) in [4.78, 5) is 0. The lowest BCUT2D eigenvalue weighted by atomic mass is 9.65. The number of aliphatic hydroxyl groups is 1. The van der Waals surface area contributed by atoms with Crippen molar-refractivity contribution in [3.05, 3.63) is 35.4 Å². The summed E-state index contributed by atoms with van der Waals surface area (Å²) >= 11 is 0. The predicted octanol–water partition coefficient (Wildman–Crippen LogP) is 1.14. The summed E-state index contributed by atoms with van der Waals surface area (Å²) in [6.45, 7) is 3.68. The number of nitriles is 1. The van der Waals surface area contributed by atoms with Crippen molar-refractivity contribution in [3.8, 4) is 6.07 Å². The summed E-state index contributed by atoms with van der Waals surface area (Å²) < 4.78 is 26.9. The normalized spacial score (nSPS) is 24.7. The van der Waals surface area contributed by atoms with Crippen molar-refractivity contribution in [2.45, 2.75) is 38.2 Å². The molecule has 6 heteroatoms. The summed E-state index contributed by atoms with van der Waals surface area (Å²) in [6.07, 6.45) is -0.0399. The molecule has 1 aliphatic carbocycles. The fourth-order valence-corrected chi connectivity index (χ4v) is 3.85. The summed E-state index contributed by atoms with van der Waals surface area (Å²) in [5.74, 6) is -0.162. The van der Waals surface area contributed by atoms with Crippen LogP contribution in [0.5, 0.6) is 0 Å². The van der Waals surface area contributed by atoms with Crippen LogP contribution in [-0.4, -0.2) is 25.7 Å². The van der Waals surface area contributed by atoms with E-state index in [4.69, 9.17) is 5.26 Å². The van der Waals surface area contributed by atoms with Gasteiger partial charge in [-0.3, -0.25) is 0 Å². The minimum absolute atomic E-state index is 0.162. The molecule has 0 spiro atoms. The van der Waals surface area contributed by atoms with E-state index in [0.29, 0.717) is 17.5 Å². The van der Waals surface area contributed by atoms with Gasteiger partial charge in [-0.15, -0.1) is 0 Å². The van der Waals surface area contributed by atoms with Crippen LogP contribution >= 0.6 is 0 Å². The van der Waals surface area contributed by atoms with Crippen LogP contribution in [0.4, 0.5) is 0 Å². The minimum Gasteiger partial charge on any atom is -0.392 e. The van der Waals surface area contributed by atoms with E-state index in [0.717, 1.165) is 0 Å². The van der Waals surface area contributed by atoms with E-state index >= 15 is 0 Å². The molecular formula is C14H18N2O3S. The molecule has 0 heterocycles. The van der Waals surface area contributed by atoms with E-state index in [1.165, 1.54) is 0 Å². The SMILES string of the molecule is CC1(C)C(O)CC1NS(=O)(=O)Cc1cccc(C#N)c1. The molecule has 1 saturated carbocycles. The molecule has 0 aliphatic heterocycles. The Hall–Kier alpha value is -1.42. The molecule has 1 aliphatic rings. The Morgan fingerprint density at radius 2 is 2.20 bits per heavy atom. The Kier molecular flexibility index (Phi) is 3.87. The van der Waals surface area contributed by atoms with E-state index in [-0.39, 0.29) is 11.8 Å². The van der Waals surface area contributed by atoms with Gasteiger partial charge in [-0.2, -0.15) is 5.26 Å². The third-order valence-electron chi connectivity index (χ3n) is 3.95. The van der Waals surface area contributed by atoms with E-state index < -0.39 is 21.5 Å². The Bertz CT molecular complexity index is 647. The molecule has 0 bridgehead atoms. The Balaban J connectivity index is 2.07. The van der Waals surface area contributed by atoms with Crippen molar-refractivity contribution in [3.63, 3.8) is 0 Å². The van der Waals surface area contributed by atoms with E-state index in [1.807, 2.05) is 19.9 Å². The molecule has 0 saturated heterocycles. The maximum absolute atomic E-state index is 12.1. The largest absolute Gasteiger partial charge is 0.392 e. The highest BCUT2D eigenvalue weighted by Gasteiger charge is 2.48. The van der Waals surface area contributed by atoms with Crippen LogP contribution in [0.15, 0.2) is 24.3 Å². The minimum atomic E-state index is -3.48. The van der Waals surface area contributed by atoms with Crippen LogP contribution in [-0.2, 0) is 15.8 Å². The molecule has 1 aromatic rings. The van der Waals surface area contributed by atoms with Crippen LogP contribution in [0, 0.1) is 16.7 Å². The van der Waals surface area contributed by atoms with E-state index in [2.05, 4.69) is 4.72 Å². The number of hydrogen-bond donors (Lipinski definition) is 2. The molecule has 0 radical (unpaired) electrons. The first-order valence-corrected chi connectivity index (χ1v) is 8.07. The maximum Gasteiger partial charge on any atom is 0.216 e. The monoisotopic (exact) mass is 294 g/mol. The number of sulfonamides is 1. The van der Waals surface area contributed by atoms with Gasteiger partial charge in [0.05, 0.1) is 23.5 Å². The second-order valence-corrected chi connectivity index (χ2v) is 7.57. The standard InChI is InChI=1S/C14H18N2O3S/c1-14(2)12(7-13(14)17)16-20(18,19)9-11-5-3-4-10(6-11)8-15/h3-6,12-13,16-17H,7,9H2,1-2H3. The molecule has 2 N–H and O–H groups in total. The lowest BCUT2D eigenvalue weighted by molar-refractivity contribution is -0.0645. The smallest absolute Gasteiger partial charge is 0.216 e. The van der Waals surface area contributed by atoms with Gasteiger partial charge < -0.3 is 5.11 Å². The fraction of sp³-hybridized carbons (Fsp3) is 0.500. The highest BCUT2D eigenvalue weighted by molar-refractivity contribution is 7.88. The molecule has 0 amide bonds. The second-order valence-electron chi connectivity index (χ2n) is 5.81. The summed E-state index contributed by atoms with van der Waals surface area (Å²) in [6, 6.07) is 8.29. The average Bonchev–Trinajstić information content (AvgIpc) is 2.38. The zero-order chi connectivity index (χ0) is 15.0. The van der Waals surface area contributed by atoms with Crippen molar-refractivity contribution in [2.24, 2.45) is 5.41 Å². The summed E-state index contributed by atoms with van der Waals surface area (Å²) in [5, 5.41) is 18.4. The third kappa shape index (κ3) is 3.01. The van der Waals surface area contributed by atoms with E-state index in [1.54, 1.807) is 24.3 Å². The molecule has 1 fully saturated rings. The molecule has 2 unspecified atom stereocenters. The molecular weight excluding hydrogens is 276 g/mol. The highest BCUT2D eigenvalue weighted by Crippen LogP contribution is 2.40. The van der Waals surface area contributed by atoms with Gasteiger partial charge >= 0.3 is 0 Å². The number of hydrogen-bond acceptors (Lipinski definition) is 4. The number of nitrogens with zero attached hydrogens (tertiary/aromatic N) is 1. The molecule has 5 nitrogen and oxygen atoms in total.